The summed E-state index contributed by atoms with van der Waals surface area (Å²) in [6, 6.07) is 1.98. The van der Waals surface area contributed by atoms with Crippen LogP contribution >= 0.6 is 27.5 Å². The fourth-order valence-corrected chi connectivity index (χ4v) is 1.21. The number of nitriles is 1. The molecule has 0 atom stereocenters. The molecule has 0 bridgehead atoms. The highest BCUT2D eigenvalue weighted by molar-refractivity contribution is 9.10. The molecular formula is C7H4BrClN2. The molecule has 0 fully saturated rings. The summed E-state index contributed by atoms with van der Waals surface area (Å²) in [6.45, 7) is 1.82. The number of halogens is 2. The quantitative estimate of drug-likeness (QED) is 0.644. The normalized spacial score (nSPS) is 9.27. The van der Waals surface area contributed by atoms with E-state index in [0.29, 0.717) is 5.56 Å². The molecule has 2 nitrogen and oxygen atoms in total. The first-order valence-electron chi connectivity index (χ1n) is 2.87. The fraction of sp³-hybridized carbons (Fsp3) is 0.143. The Balaban J connectivity index is 3.44. The van der Waals surface area contributed by atoms with Crippen LogP contribution in [-0.4, -0.2) is 4.98 Å². The summed E-state index contributed by atoms with van der Waals surface area (Å²) in [5, 5.41) is 8.89. The standard InChI is InChI=1S/C7H4BrClN2/c1-4-5(2-10)7(9)11-3-6(4)8/h3H,1H3. The van der Waals surface area contributed by atoms with Crippen molar-refractivity contribution in [1.82, 2.24) is 4.98 Å². The predicted molar refractivity (Wildman–Crippen MR) is 46.4 cm³/mol. The van der Waals surface area contributed by atoms with Crippen LogP contribution in [0.2, 0.25) is 5.15 Å². The molecule has 56 valence electrons. The Morgan fingerprint density at radius 1 is 1.73 bits per heavy atom. The summed E-state index contributed by atoms with van der Waals surface area (Å²) in [5.41, 5.74) is 1.26. The van der Waals surface area contributed by atoms with E-state index in [4.69, 9.17) is 16.9 Å². The van der Waals surface area contributed by atoms with E-state index in [2.05, 4.69) is 20.9 Å². The lowest BCUT2D eigenvalue weighted by Gasteiger charge is -1.99. The molecule has 0 radical (unpaired) electrons. The number of rotatable bonds is 0. The van der Waals surface area contributed by atoms with Gasteiger partial charge in [-0.25, -0.2) is 4.98 Å². The van der Waals surface area contributed by atoms with Crippen LogP contribution in [0.5, 0.6) is 0 Å². The van der Waals surface area contributed by atoms with Crippen molar-refractivity contribution in [2.75, 3.05) is 0 Å². The van der Waals surface area contributed by atoms with Crippen molar-refractivity contribution in [1.29, 1.82) is 5.26 Å². The maximum Gasteiger partial charge on any atom is 0.147 e. The second-order valence-electron chi connectivity index (χ2n) is 2.01. The molecule has 1 aromatic rings. The summed E-state index contributed by atoms with van der Waals surface area (Å²) in [6.07, 6.45) is 1.58. The van der Waals surface area contributed by atoms with E-state index >= 15 is 0 Å². The van der Waals surface area contributed by atoms with Gasteiger partial charge in [-0.3, -0.25) is 0 Å². The molecule has 1 aromatic heterocycles. The van der Waals surface area contributed by atoms with Gasteiger partial charge in [0.05, 0.1) is 5.56 Å². The number of pyridine rings is 1. The lowest BCUT2D eigenvalue weighted by atomic mass is 10.2. The zero-order chi connectivity index (χ0) is 8.43. The molecule has 0 saturated heterocycles. The van der Waals surface area contributed by atoms with Gasteiger partial charge >= 0.3 is 0 Å². The van der Waals surface area contributed by atoms with Gasteiger partial charge in [0.15, 0.2) is 0 Å². The SMILES string of the molecule is Cc1c(Br)cnc(Cl)c1C#N. The first-order valence-corrected chi connectivity index (χ1v) is 4.04. The van der Waals surface area contributed by atoms with E-state index < -0.39 is 0 Å². The molecule has 0 aliphatic rings. The molecule has 11 heavy (non-hydrogen) atoms. The Morgan fingerprint density at radius 3 is 2.82 bits per heavy atom. The van der Waals surface area contributed by atoms with E-state index in [1.54, 1.807) is 6.20 Å². The van der Waals surface area contributed by atoms with Gasteiger partial charge in [0.25, 0.3) is 0 Å². The highest BCUT2D eigenvalue weighted by Crippen LogP contribution is 2.22. The van der Waals surface area contributed by atoms with Gasteiger partial charge in [0.1, 0.15) is 11.2 Å². The Kier molecular flexibility index (Phi) is 2.48. The average Bonchev–Trinajstić information content (AvgIpc) is 1.99. The maximum absolute atomic E-state index is 8.63. The van der Waals surface area contributed by atoms with Crippen molar-refractivity contribution in [3.63, 3.8) is 0 Å². The van der Waals surface area contributed by atoms with Gasteiger partial charge in [0.2, 0.25) is 0 Å². The number of hydrogen-bond donors (Lipinski definition) is 0. The molecule has 1 heterocycles. The minimum atomic E-state index is 0.258. The van der Waals surface area contributed by atoms with Crippen molar-refractivity contribution >= 4 is 27.5 Å². The van der Waals surface area contributed by atoms with Crippen molar-refractivity contribution in [3.8, 4) is 6.07 Å². The molecule has 0 aliphatic heterocycles. The lowest BCUT2D eigenvalue weighted by Crippen LogP contribution is -1.88. The second-order valence-corrected chi connectivity index (χ2v) is 3.22. The first kappa shape index (κ1) is 8.51. The first-order chi connectivity index (χ1) is 5.16. The molecule has 0 unspecified atom stereocenters. The summed E-state index contributed by atoms with van der Waals surface area (Å²) < 4.78 is 0.804. The van der Waals surface area contributed by atoms with Gasteiger partial charge in [-0.2, -0.15) is 5.26 Å². The third kappa shape index (κ3) is 1.52. The largest absolute Gasteiger partial charge is 0.242 e. The van der Waals surface area contributed by atoms with Crippen molar-refractivity contribution in [2.24, 2.45) is 0 Å². The fourth-order valence-electron chi connectivity index (χ4n) is 0.679. The van der Waals surface area contributed by atoms with E-state index in [-0.39, 0.29) is 5.15 Å². The number of hydrogen-bond acceptors (Lipinski definition) is 2. The molecule has 0 aromatic carbocycles. The van der Waals surface area contributed by atoms with Gasteiger partial charge < -0.3 is 0 Å². The molecule has 0 spiro atoms. The van der Waals surface area contributed by atoms with Crippen LogP contribution in [0, 0.1) is 18.3 Å². The van der Waals surface area contributed by atoms with Crippen LogP contribution in [0.4, 0.5) is 0 Å². The number of nitrogens with zero attached hydrogens (tertiary/aromatic N) is 2. The smallest absolute Gasteiger partial charge is 0.147 e. The van der Waals surface area contributed by atoms with Gasteiger partial charge in [0, 0.05) is 10.7 Å². The van der Waals surface area contributed by atoms with Gasteiger partial charge in [-0.05, 0) is 28.4 Å². The lowest BCUT2D eigenvalue weighted by molar-refractivity contribution is 1.23. The zero-order valence-corrected chi connectivity index (χ0v) is 8.07. The van der Waals surface area contributed by atoms with E-state index in [1.807, 2.05) is 13.0 Å². The molecule has 0 aliphatic carbocycles. The maximum atomic E-state index is 8.63. The molecule has 0 saturated carbocycles. The monoisotopic (exact) mass is 230 g/mol. The Labute approximate surface area is 77.9 Å². The highest BCUT2D eigenvalue weighted by Gasteiger charge is 2.06. The van der Waals surface area contributed by atoms with Crippen molar-refractivity contribution in [3.05, 3.63) is 26.9 Å². The molecule has 0 amide bonds. The van der Waals surface area contributed by atoms with Crippen LogP contribution in [0.15, 0.2) is 10.7 Å². The van der Waals surface area contributed by atoms with Gasteiger partial charge in [-0.15, -0.1) is 0 Å². The second kappa shape index (κ2) is 3.21. The summed E-state index contributed by atoms with van der Waals surface area (Å²) >= 11 is 8.90. The summed E-state index contributed by atoms with van der Waals surface area (Å²) in [7, 11) is 0. The van der Waals surface area contributed by atoms with Crippen LogP contribution in [0.1, 0.15) is 11.1 Å². The Bertz CT molecular complexity index is 330. The van der Waals surface area contributed by atoms with Crippen molar-refractivity contribution in [2.45, 2.75) is 6.92 Å². The summed E-state index contributed by atoms with van der Waals surface area (Å²) in [4.78, 5) is 3.81. The predicted octanol–water partition coefficient (Wildman–Crippen LogP) is 2.68. The van der Waals surface area contributed by atoms with Crippen LogP contribution < -0.4 is 0 Å². The topological polar surface area (TPSA) is 36.7 Å². The van der Waals surface area contributed by atoms with Crippen LogP contribution in [0.25, 0.3) is 0 Å². The minimum absolute atomic E-state index is 0.258. The van der Waals surface area contributed by atoms with E-state index in [0.717, 1.165) is 10.0 Å². The van der Waals surface area contributed by atoms with E-state index in [9.17, 15) is 0 Å². The molecule has 1 rings (SSSR count). The van der Waals surface area contributed by atoms with Crippen LogP contribution in [0.3, 0.4) is 0 Å². The highest BCUT2D eigenvalue weighted by atomic mass is 79.9. The van der Waals surface area contributed by atoms with Crippen molar-refractivity contribution < 1.29 is 0 Å². The molecule has 4 heteroatoms. The molecule has 0 N–H and O–H groups in total. The Morgan fingerprint density at radius 2 is 2.36 bits per heavy atom. The van der Waals surface area contributed by atoms with Gasteiger partial charge in [-0.1, -0.05) is 11.6 Å². The summed E-state index contributed by atoms with van der Waals surface area (Å²) in [5.74, 6) is 0. The van der Waals surface area contributed by atoms with E-state index in [1.165, 1.54) is 0 Å². The average molecular weight is 231 g/mol. The zero-order valence-electron chi connectivity index (χ0n) is 5.73. The minimum Gasteiger partial charge on any atom is -0.242 e. The number of aromatic nitrogens is 1. The third-order valence-corrected chi connectivity index (χ3v) is 2.43. The van der Waals surface area contributed by atoms with Crippen LogP contribution in [-0.2, 0) is 0 Å². The molecular weight excluding hydrogens is 227 g/mol. The third-order valence-electron chi connectivity index (χ3n) is 1.34. The Hall–Kier alpha value is -0.590.